The van der Waals surface area contributed by atoms with Crippen molar-refractivity contribution < 1.29 is 14.5 Å². The van der Waals surface area contributed by atoms with Crippen LogP contribution in [-0.2, 0) is 11.2 Å². The first kappa shape index (κ1) is 17.6. The molecule has 2 amide bonds. The number of rotatable bonds is 3. The number of carbonyl (C=O) groups is 2. The van der Waals surface area contributed by atoms with Crippen molar-refractivity contribution in [3.63, 3.8) is 0 Å². The summed E-state index contributed by atoms with van der Waals surface area (Å²) in [6.07, 6.45) is 1.70. The van der Waals surface area contributed by atoms with E-state index in [0.29, 0.717) is 17.8 Å². The molecule has 0 aromatic heterocycles. The van der Waals surface area contributed by atoms with Crippen molar-refractivity contribution in [1.82, 2.24) is 0 Å². The SMILES string of the molecule is CC(=O)N1CCCc2cc(NC(=O)c3cccc([N+](=O)[O-])c3C)ccc21. The second kappa shape index (κ2) is 6.95. The van der Waals surface area contributed by atoms with Gasteiger partial charge in [-0.2, -0.15) is 0 Å². The van der Waals surface area contributed by atoms with Gasteiger partial charge in [-0.1, -0.05) is 6.07 Å². The topological polar surface area (TPSA) is 92.6 Å². The summed E-state index contributed by atoms with van der Waals surface area (Å²) in [4.78, 5) is 36.6. The Morgan fingerprint density at radius 1 is 1.23 bits per heavy atom. The van der Waals surface area contributed by atoms with Crippen LogP contribution in [0.5, 0.6) is 0 Å². The summed E-state index contributed by atoms with van der Waals surface area (Å²) in [7, 11) is 0. The number of nitrogens with zero attached hydrogens (tertiary/aromatic N) is 2. The first-order valence-electron chi connectivity index (χ1n) is 8.35. The third-order valence-electron chi connectivity index (χ3n) is 4.58. The predicted octanol–water partition coefficient (Wildman–Crippen LogP) is 3.45. The second-order valence-corrected chi connectivity index (χ2v) is 6.28. The van der Waals surface area contributed by atoms with Gasteiger partial charge in [-0.3, -0.25) is 19.7 Å². The maximum Gasteiger partial charge on any atom is 0.273 e. The van der Waals surface area contributed by atoms with Crippen LogP contribution in [0.2, 0.25) is 0 Å². The molecule has 0 aliphatic carbocycles. The fourth-order valence-electron chi connectivity index (χ4n) is 3.27. The number of anilines is 2. The summed E-state index contributed by atoms with van der Waals surface area (Å²) < 4.78 is 0. The lowest BCUT2D eigenvalue weighted by Gasteiger charge is -2.29. The first-order chi connectivity index (χ1) is 12.4. The van der Waals surface area contributed by atoms with E-state index in [1.165, 1.54) is 19.1 Å². The lowest BCUT2D eigenvalue weighted by molar-refractivity contribution is -0.385. The molecule has 1 heterocycles. The van der Waals surface area contributed by atoms with E-state index in [2.05, 4.69) is 5.32 Å². The van der Waals surface area contributed by atoms with E-state index in [1.54, 1.807) is 24.0 Å². The summed E-state index contributed by atoms with van der Waals surface area (Å²) >= 11 is 0. The predicted molar refractivity (Wildman–Crippen MR) is 98.6 cm³/mol. The van der Waals surface area contributed by atoms with E-state index in [4.69, 9.17) is 0 Å². The van der Waals surface area contributed by atoms with Crippen molar-refractivity contribution in [3.05, 3.63) is 63.2 Å². The normalized spacial score (nSPS) is 13.1. The molecule has 0 spiro atoms. The minimum absolute atomic E-state index is 0.00467. The summed E-state index contributed by atoms with van der Waals surface area (Å²) in [5, 5.41) is 13.8. The molecule has 1 aliphatic rings. The van der Waals surface area contributed by atoms with E-state index in [0.717, 1.165) is 24.1 Å². The van der Waals surface area contributed by atoms with Crippen LogP contribution in [0.15, 0.2) is 36.4 Å². The van der Waals surface area contributed by atoms with Crippen molar-refractivity contribution in [2.75, 3.05) is 16.8 Å². The Hall–Kier alpha value is -3.22. The van der Waals surface area contributed by atoms with Crippen LogP contribution in [0.1, 0.15) is 34.8 Å². The van der Waals surface area contributed by atoms with Crippen molar-refractivity contribution in [2.45, 2.75) is 26.7 Å². The number of aryl methyl sites for hydroxylation is 1. The van der Waals surface area contributed by atoms with Gasteiger partial charge in [-0.15, -0.1) is 0 Å². The lowest BCUT2D eigenvalue weighted by Crippen LogP contribution is -2.33. The van der Waals surface area contributed by atoms with Crippen molar-refractivity contribution in [1.29, 1.82) is 0 Å². The number of nitrogens with one attached hydrogen (secondary N) is 1. The van der Waals surface area contributed by atoms with Crippen molar-refractivity contribution >= 4 is 28.9 Å². The highest BCUT2D eigenvalue weighted by Gasteiger charge is 2.21. The third-order valence-corrected chi connectivity index (χ3v) is 4.58. The molecule has 7 heteroatoms. The highest BCUT2D eigenvalue weighted by molar-refractivity contribution is 6.06. The molecular formula is C19H19N3O4. The zero-order valence-corrected chi connectivity index (χ0v) is 14.6. The van der Waals surface area contributed by atoms with Gasteiger partial charge in [0.1, 0.15) is 0 Å². The van der Waals surface area contributed by atoms with Gasteiger partial charge in [0.2, 0.25) is 5.91 Å². The number of amides is 2. The number of hydrogen-bond donors (Lipinski definition) is 1. The van der Waals surface area contributed by atoms with Crippen LogP contribution in [-0.4, -0.2) is 23.3 Å². The molecule has 0 saturated heterocycles. The van der Waals surface area contributed by atoms with Crippen LogP contribution in [0.3, 0.4) is 0 Å². The van der Waals surface area contributed by atoms with E-state index in [9.17, 15) is 19.7 Å². The standard InChI is InChI=1S/C19H19N3O4/c1-12-16(6-3-7-17(12)22(25)26)19(24)20-15-8-9-18-14(11-15)5-4-10-21(18)13(2)23/h3,6-9,11H,4-5,10H2,1-2H3,(H,20,24). The molecule has 134 valence electrons. The molecule has 1 aliphatic heterocycles. The smallest absolute Gasteiger partial charge is 0.273 e. The first-order valence-corrected chi connectivity index (χ1v) is 8.35. The van der Waals surface area contributed by atoms with Crippen LogP contribution < -0.4 is 10.2 Å². The Morgan fingerprint density at radius 2 is 2.00 bits per heavy atom. The summed E-state index contributed by atoms with van der Waals surface area (Å²) in [5.41, 5.74) is 2.98. The highest BCUT2D eigenvalue weighted by atomic mass is 16.6. The molecule has 1 N–H and O–H groups in total. The molecule has 0 radical (unpaired) electrons. The van der Waals surface area contributed by atoms with Crippen LogP contribution in [0, 0.1) is 17.0 Å². The average Bonchev–Trinajstić information content (AvgIpc) is 2.60. The van der Waals surface area contributed by atoms with Gasteiger partial charge >= 0.3 is 0 Å². The minimum atomic E-state index is -0.499. The van der Waals surface area contributed by atoms with E-state index >= 15 is 0 Å². The number of fused-ring (bicyclic) bond motifs is 1. The number of nitro groups is 1. The molecule has 0 atom stereocenters. The molecule has 2 aromatic rings. The van der Waals surface area contributed by atoms with Gasteiger partial charge in [-0.25, -0.2) is 0 Å². The average molecular weight is 353 g/mol. The Morgan fingerprint density at radius 3 is 2.69 bits per heavy atom. The van der Waals surface area contributed by atoms with Gasteiger partial charge in [0, 0.05) is 42.0 Å². The van der Waals surface area contributed by atoms with E-state index in [-0.39, 0.29) is 17.2 Å². The monoisotopic (exact) mass is 353 g/mol. The maximum absolute atomic E-state index is 12.6. The van der Waals surface area contributed by atoms with Crippen LogP contribution in [0.4, 0.5) is 17.1 Å². The van der Waals surface area contributed by atoms with Crippen molar-refractivity contribution in [3.8, 4) is 0 Å². The quantitative estimate of drug-likeness (QED) is 0.675. The Bertz CT molecular complexity index is 908. The number of hydrogen-bond acceptors (Lipinski definition) is 4. The fourth-order valence-corrected chi connectivity index (χ4v) is 3.27. The zero-order valence-electron chi connectivity index (χ0n) is 14.6. The summed E-state index contributed by atoms with van der Waals surface area (Å²) in [6.45, 7) is 3.79. The lowest BCUT2D eigenvalue weighted by atomic mass is 10.0. The van der Waals surface area contributed by atoms with Gasteiger partial charge in [0.15, 0.2) is 0 Å². The van der Waals surface area contributed by atoms with Gasteiger partial charge in [-0.05, 0) is 49.6 Å². The summed E-state index contributed by atoms with van der Waals surface area (Å²) in [6, 6.07) is 9.86. The molecule has 0 saturated carbocycles. The Balaban J connectivity index is 1.86. The zero-order chi connectivity index (χ0) is 18.8. The van der Waals surface area contributed by atoms with Gasteiger partial charge in [0.05, 0.1) is 4.92 Å². The number of carbonyl (C=O) groups excluding carboxylic acids is 2. The molecule has 26 heavy (non-hydrogen) atoms. The number of nitro benzene ring substituents is 1. The van der Waals surface area contributed by atoms with Crippen molar-refractivity contribution in [2.24, 2.45) is 0 Å². The largest absolute Gasteiger partial charge is 0.322 e. The molecule has 2 aromatic carbocycles. The van der Waals surface area contributed by atoms with Gasteiger partial charge < -0.3 is 10.2 Å². The van der Waals surface area contributed by atoms with Crippen LogP contribution in [0.25, 0.3) is 0 Å². The molecular weight excluding hydrogens is 334 g/mol. The van der Waals surface area contributed by atoms with Gasteiger partial charge in [0.25, 0.3) is 11.6 Å². The van der Waals surface area contributed by atoms with Crippen LogP contribution >= 0.6 is 0 Å². The summed E-state index contributed by atoms with van der Waals surface area (Å²) in [5.74, 6) is -0.402. The minimum Gasteiger partial charge on any atom is -0.322 e. The molecule has 0 unspecified atom stereocenters. The molecule has 0 fully saturated rings. The Labute approximate surface area is 150 Å². The molecule has 0 bridgehead atoms. The maximum atomic E-state index is 12.6. The third kappa shape index (κ3) is 3.28. The number of benzene rings is 2. The molecule has 7 nitrogen and oxygen atoms in total. The van der Waals surface area contributed by atoms with E-state index < -0.39 is 10.8 Å². The fraction of sp³-hybridized carbons (Fsp3) is 0.263. The molecule has 3 rings (SSSR count). The highest BCUT2D eigenvalue weighted by Crippen LogP contribution is 2.30. The Kier molecular flexibility index (Phi) is 4.71. The second-order valence-electron chi connectivity index (χ2n) is 6.28. The van der Waals surface area contributed by atoms with E-state index in [1.807, 2.05) is 12.1 Å².